The third-order valence-electron chi connectivity index (χ3n) is 2.75. The standard InChI is InChI=1S/C14H15Cl2N3/c1-2-5-19-14(13-9-17-6-7-18-13)11-8-10(15)3-4-12(11)16/h3-4,6-9,14,19H,2,5H2,1H3. The van der Waals surface area contributed by atoms with Crippen molar-refractivity contribution in [2.75, 3.05) is 6.54 Å². The molecule has 0 spiro atoms. The van der Waals surface area contributed by atoms with Crippen LogP contribution in [0.25, 0.3) is 0 Å². The molecule has 0 saturated carbocycles. The van der Waals surface area contributed by atoms with Crippen LogP contribution in [0.15, 0.2) is 36.8 Å². The van der Waals surface area contributed by atoms with Crippen LogP contribution in [0.1, 0.15) is 30.6 Å². The van der Waals surface area contributed by atoms with E-state index < -0.39 is 0 Å². The Morgan fingerprint density at radius 1 is 1.26 bits per heavy atom. The summed E-state index contributed by atoms with van der Waals surface area (Å²) in [6.45, 7) is 2.98. The first-order valence-corrected chi connectivity index (χ1v) is 6.92. The molecule has 2 rings (SSSR count). The molecule has 1 aromatic heterocycles. The first kappa shape index (κ1) is 14.3. The molecule has 1 aromatic carbocycles. The number of halogens is 2. The summed E-state index contributed by atoms with van der Waals surface area (Å²) < 4.78 is 0. The van der Waals surface area contributed by atoms with Gasteiger partial charge in [-0.3, -0.25) is 9.97 Å². The van der Waals surface area contributed by atoms with Gasteiger partial charge in [0, 0.05) is 22.4 Å². The van der Waals surface area contributed by atoms with Crippen molar-refractivity contribution >= 4 is 23.2 Å². The SMILES string of the molecule is CCCNC(c1cnccn1)c1cc(Cl)ccc1Cl. The first-order valence-electron chi connectivity index (χ1n) is 6.16. The molecule has 0 aliphatic carbocycles. The molecule has 0 amide bonds. The van der Waals surface area contributed by atoms with Gasteiger partial charge in [-0.2, -0.15) is 0 Å². The lowest BCUT2D eigenvalue weighted by Crippen LogP contribution is -2.24. The van der Waals surface area contributed by atoms with E-state index in [4.69, 9.17) is 23.2 Å². The molecule has 2 aromatic rings. The topological polar surface area (TPSA) is 37.8 Å². The second-order valence-electron chi connectivity index (χ2n) is 4.18. The predicted octanol–water partition coefficient (Wildman–Crippen LogP) is 3.87. The number of hydrogen-bond donors (Lipinski definition) is 1. The van der Waals surface area contributed by atoms with Gasteiger partial charge in [0.25, 0.3) is 0 Å². The Hall–Kier alpha value is -1.16. The molecule has 0 bridgehead atoms. The predicted molar refractivity (Wildman–Crippen MR) is 78.6 cm³/mol. The Bertz CT molecular complexity index is 531. The van der Waals surface area contributed by atoms with Crippen molar-refractivity contribution in [2.24, 2.45) is 0 Å². The van der Waals surface area contributed by atoms with Crippen molar-refractivity contribution in [3.05, 3.63) is 58.1 Å². The summed E-state index contributed by atoms with van der Waals surface area (Å²) in [5.41, 5.74) is 1.75. The maximum atomic E-state index is 6.27. The second kappa shape index (κ2) is 6.85. The maximum absolute atomic E-state index is 6.27. The first-order chi connectivity index (χ1) is 9.22. The van der Waals surface area contributed by atoms with Gasteiger partial charge in [-0.1, -0.05) is 30.1 Å². The van der Waals surface area contributed by atoms with Crippen LogP contribution in [-0.2, 0) is 0 Å². The van der Waals surface area contributed by atoms with Gasteiger partial charge in [0.15, 0.2) is 0 Å². The van der Waals surface area contributed by atoms with Gasteiger partial charge in [-0.25, -0.2) is 0 Å². The molecule has 5 heteroatoms. The minimum absolute atomic E-state index is 0.0974. The van der Waals surface area contributed by atoms with Crippen molar-refractivity contribution in [2.45, 2.75) is 19.4 Å². The van der Waals surface area contributed by atoms with Crippen LogP contribution in [0.2, 0.25) is 10.0 Å². The molecular formula is C14H15Cl2N3. The largest absolute Gasteiger partial charge is 0.305 e. The monoisotopic (exact) mass is 295 g/mol. The minimum atomic E-state index is -0.0974. The van der Waals surface area contributed by atoms with Crippen molar-refractivity contribution in [3.8, 4) is 0 Å². The van der Waals surface area contributed by atoms with Crippen molar-refractivity contribution < 1.29 is 0 Å². The van der Waals surface area contributed by atoms with E-state index in [9.17, 15) is 0 Å². The van der Waals surface area contributed by atoms with Crippen LogP contribution in [0.4, 0.5) is 0 Å². The van der Waals surface area contributed by atoms with E-state index in [1.807, 2.05) is 6.07 Å². The highest BCUT2D eigenvalue weighted by molar-refractivity contribution is 6.33. The molecule has 1 atom stereocenters. The lowest BCUT2D eigenvalue weighted by molar-refractivity contribution is 0.584. The van der Waals surface area contributed by atoms with E-state index in [1.165, 1.54) is 0 Å². The molecule has 0 radical (unpaired) electrons. The molecule has 1 unspecified atom stereocenters. The summed E-state index contributed by atoms with van der Waals surface area (Å²) in [5.74, 6) is 0. The molecule has 1 N–H and O–H groups in total. The third kappa shape index (κ3) is 3.66. The molecule has 1 heterocycles. The van der Waals surface area contributed by atoms with Gasteiger partial charge in [0.2, 0.25) is 0 Å². The summed E-state index contributed by atoms with van der Waals surface area (Å²) in [6, 6.07) is 5.35. The Morgan fingerprint density at radius 2 is 2.11 bits per heavy atom. The molecule has 0 aliphatic rings. The third-order valence-corrected chi connectivity index (χ3v) is 3.33. The van der Waals surface area contributed by atoms with Crippen LogP contribution >= 0.6 is 23.2 Å². The molecule has 0 aliphatic heterocycles. The Balaban J connectivity index is 2.40. The Kier molecular flexibility index (Phi) is 5.14. The fourth-order valence-electron chi connectivity index (χ4n) is 1.86. The summed E-state index contributed by atoms with van der Waals surface area (Å²) in [4.78, 5) is 8.47. The van der Waals surface area contributed by atoms with E-state index in [2.05, 4.69) is 22.2 Å². The van der Waals surface area contributed by atoms with E-state index in [0.717, 1.165) is 24.2 Å². The summed E-state index contributed by atoms with van der Waals surface area (Å²) >= 11 is 12.3. The maximum Gasteiger partial charge on any atom is 0.0802 e. The van der Waals surface area contributed by atoms with Gasteiger partial charge in [0.05, 0.1) is 17.9 Å². The van der Waals surface area contributed by atoms with Crippen LogP contribution in [0.3, 0.4) is 0 Å². The number of aromatic nitrogens is 2. The van der Waals surface area contributed by atoms with Crippen molar-refractivity contribution in [1.29, 1.82) is 0 Å². The van der Waals surface area contributed by atoms with Crippen LogP contribution in [-0.4, -0.2) is 16.5 Å². The summed E-state index contributed by atoms with van der Waals surface area (Å²) in [6.07, 6.45) is 6.09. The Morgan fingerprint density at radius 3 is 2.79 bits per heavy atom. The fourth-order valence-corrected chi connectivity index (χ4v) is 2.27. The lowest BCUT2D eigenvalue weighted by Gasteiger charge is -2.19. The second-order valence-corrected chi connectivity index (χ2v) is 5.03. The van der Waals surface area contributed by atoms with Gasteiger partial charge < -0.3 is 5.32 Å². The normalized spacial score (nSPS) is 12.4. The molecule has 100 valence electrons. The highest BCUT2D eigenvalue weighted by atomic mass is 35.5. The van der Waals surface area contributed by atoms with Crippen LogP contribution < -0.4 is 5.32 Å². The number of nitrogens with one attached hydrogen (secondary N) is 1. The van der Waals surface area contributed by atoms with E-state index >= 15 is 0 Å². The van der Waals surface area contributed by atoms with Gasteiger partial charge in [0.1, 0.15) is 0 Å². The summed E-state index contributed by atoms with van der Waals surface area (Å²) in [5, 5.41) is 4.75. The molecular weight excluding hydrogens is 281 g/mol. The van der Waals surface area contributed by atoms with Crippen LogP contribution in [0, 0.1) is 0 Å². The van der Waals surface area contributed by atoms with E-state index in [1.54, 1.807) is 30.7 Å². The van der Waals surface area contributed by atoms with Crippen molar-refractivity contribution in [3.63, 3.8) is 0 Å². The Labute approximate surface area is 123 Å². The van der Waals surface area contributed by atoms with Gasteiger partial charge >= 0.3 is 0 Å². The smallest absolute Gasteiger partial charge is 0.0802 e. The average Bonchev–Trinajstić information content (AvgIpc) is 2.44. The summed E-state index contributed by atoms with van der Waals surface area (Å²) in [7, 11) is 0. The zero-order valence-corrected chi connectivity index (χ0v) is 12.1. The van der Waals surface area contributed by atoms with E-state index in [-0.39, 0.29) is 6.04 Å². The zero-order valence-electron chi connectivity index (χ0n) is 10.6. The van der Waals surface area contributed by atoms with E-state index in [0.29, 0.717) is 10.0 Å². The number of hydrogen-bond acceptors (Lipinski definition) is 3. The van der Waals surface area contributed by atoms with Gasteiger partial charge in [-0.15, -0.1) is 0 Å². The number of benzene rings is 1. The highest BCUT2D eigenvalue weighted by Crippen LogP contribution is 2.29. The molecule has 0 fully saturated rings. The van der Waals surface area contributed by atoms with Gasteiger partial charge in [-0.05, 0) is 36.7 Å². The quantitative estimate of drug-likeness (QED) is 0.910. The fraction of sp³-hybridized carbons (Fsp3) is 0.286. The minimum Gasteiger partial charge on any atom is -0.305 e. The lowest BCUT2D eigenvalue weighted by atomic mass is 10.0. The van der Waals surface area contributed by atoms with Crippen LogP contribution in [0.5, 0.6) is 0 Å². The van der Waals surface area contributed by atoms with Crippen molar-refractivity contribution in [1.82, 2.24) is 15.3 Å². The molecule has 19 heavy (non-hydrogen) atoms. The number of nitrogens with zero attached hydrogens (tertiary/aromatic N) is 2. The highest BCUT2D eigenvalue weighted by Gasteiger charge is 2.18. The molecule has 0 saturated heterocycles. The molecule has 3 nitrogen and oxygen atoms in total. The average molecular weight is 296 g/mol. The zero-order chi connectivity index (χ0) is 13.7. The number of rotatable bonds is 5.